The monoisotopic (exact) mass is 663 g/mol. The molecular formula is C51H37N. The van der Waals surface area contributed by atoms with Gasteiger partial charge in [-0.3, -0.25) is 0 Å². The molecule has 0 spiro atoms. The molecule has 0 atom stereocenters. The number of benzene rings is 9. The number of rotatable bonds is 5. The molecule has 1 aliphatic carbocycles. The molecule has 0 heterocycles. The quantitative estimate of drug-likeness (QED) is 0.166. The summed E-state index contributed by atoms with van der Waals surface area (Å²) < 4.78 is 0. The van der Waals surface area contributed by atoms with Crippen molar-refractivity contribution in [3.63, 3.8) is 0 Å². The minimum atomic E-state index is -0.0874. The molecule has 1 aliphatic rings. The van der Waals surface area contributed by atoms with E-state index in [1.165, 1.54) is 76.8 Å². The first kappa shape index (κ1) is 30.4. The fourth-order valence-corrected chi connectivity index (χ4v) is 8.53. The van der Waals surface area contributed by atoms with Crippen LogP contribution in [0.1, 0.15) is 25.0 Å². The summed E-state index contributed by atoms with van der Waals surface area (Å²) in [5.41, 5.74) is 13.6. The average molecular weight is 664 g/mol. The third-order valence-corrected chi connectivity index (χ3v) is 11.2. The summed E-state index contributed by atoms with van der Waals surface area (Å²) in [6.45, 7) is 4.71. The molecule has 9 aromatic carbocycles. The number of nitrogens with zero attached hydrogens (tertiary/aromatic N) is 1. The Hall–Kier alpha value is -6.44. The van der Waals surface area contributed by atoms with Crippen LogP contribution in [0.25, 0.3) is 65.7 Å². The molecule has 0 saturated carbocycles. The van der Waals surface area contributed by atoms with Gasteiger partial charge in [0.2, 0.25) is 0 Å². The Balaban J connectivity index is 1.09. The Morgan fingerprint density at radius 3 is 1.75 bits per heavy atom. The molecule has 10 rings (SSSR count). The van der Waals surface area contributed by atoms with Crippen LogP contribution < -0.4 is 4.90 Å². The van der Waals surface area contributed by atoms with Gasteiger partial charge in [0.25, 0.3) is 0 Å². The van der Waals surface area contributed by atoms with Crippen molar-refractivity contribution < 1.29 is 0 Å². The van der Waals surface area contributed by atoms with Crippen LogP contribution in [0.5, 0.6) is 0 Å². The third kappa shape index (κ3) is 4.85. The SMILES string of the molecule is CC1(C)c2ccccc2-c2ccc(N(c3ccc(-c4ccc5ccc6c7ccccc7ccc6c5c4)cc3)c3cccc(-c4ccccc4)c3)cc21. The maximum Gasteiger partial charge on any atom is 0.0467 e. The Labute approximate surface area is 305 Å². The van der Waals surface area contributed by atoms with Gasteiger partial charge in [-0.05, 0) is 119 Å². The molecule has 1 nitrogen and oxygen atoms in total. The minimum absolute atomic E-state index is 0.0874. The third-order valence-electron chi connectivity index (χ3n) is 11.2. The molecule has 0 amide bonds. The van der Waals surface area contributed by atoms with E-state index in [1.807, 2.05) is 0 Å². The molecule has 0 saturated heterocycles. The molecule has 246 valence electrons. The van der Waals surface area contributed by atoms with Gasteiger partial charge in [-0.25, -0.2) is 0 Å². The minimum Gasteiger partial charge on any atom is -0.310 e. The summed E-state index contributed by atoms with van der Waals surface area (Å²) in [7, 11) is 0. The summed E-state index contributed by atoms with van der Waals surface area (Å²) in [5, 5.41) is 7.71. The van der Waals surface area contributed by atoms with Crippen LogP contribution in [0.3, 0.4) is 0 Å². The number of anilines is 3. The van der Waals surface area contributed by atoms with Crippen LogP contribution in [0.2, 0.25) is 0 Å². The van der Waals surface area contributed by atoms with E-state index >= 15 is 0 Å². The Morgan fingerprint density at radius 1 is 0.327 bits per heavy atom. The lowest BCUT2D eigenvalue weighted by Gasteiger charge is -2.28. The van der Waals surface area contributed by atoms with E-state index in [4.69, 9.17) is 0 Å². The highest BCUT2D eigenvalue weighted by molar-refractivity contribution is 6.17. The first-order chi connectivity index (χ1) is 25.5. The molecular weight excluding hydrogens is 627 g/mol. The van der Waals surface area contributed by atoms with E-state index in [0.717, 1.165) is 17.1 Å². The topological polar surface area (TPSA) is 3.24 Å². The van der Waals surface area contributed by atoms with Crippen molar-refractivity contribution >= 4 is 49.4 Å². The second-order valence-electron chi connectivity index (χ2n) is 14.6. The normalized spacial score (nSPS) is 13.0. The van der Waals surface area contributed by atoms with Gasteiger partial charge in [0.05, 0.1) is 0 Å². The van der Waals surface area contributed by atoms with Crippen molar-refractivity contribution in [2.24, 2.45) is 0 Å². The van der Waals surface area contributed by atoms with E-state index < -0.39 is 0 Å². The maximum atomic E-state index is 2.41. The molecule has 0 unspecified atom stereocenters. The van der Waals surface area contributed by atoms with Gasteiger partial charge in [0.15, 0.2) is 0 Å². The van der Waals surface area contributed by atoms with Crippen molar-refractivity contribution in [1.82, 2.24) is 0 Å². The number of hydrogen-bond acceptors (Lipinski definition) is 1. The molecule has 9 aromatic rings. The van der Waals surface area contributed by atoms with E-state index in [0.29, 0.717) is 0 Å². The van der Waals surface area contributed by atoms with Crippen LogP contribution in [0.4, 0.5) is 17.1 Å². The Bertz CT molecular complexity index is 2810. The fourth-order valence-electron chi connectivity index (χ4n) is 8.53. The number of hydrogen-bond donors (Lipinski definition) is 0. The highest BCUT2D eigenvalue weighted by atomic mass is 15.1. The van der Waals surface area contributed by atoms with Crippen molar-refractivity contribution in [2.75, 3.05) is 4.90 Å². The standard InChI is InChI=1S/C51H37N/c1-51(2)49-18-9-8-17-46(49)47-30-27-42(33-50(47)51)52(41-15-10-14-38(31-41)34-11-4-3-5-12-34)40-25-21-35(22-26-40)39-20-19-37-24-28-44-43-16-7-6-13-36(43)23-29-45(44)48(37)32-39/h3-33H,1-2H3. The maximum absolute atomic E-state index is 2.41. The zero-order valence-electron chi connectivity index (χ0n) is 29.3. The second kappa shape index (κ2) is 11.8. The predicted molar refractivity (Wildman–Crippen MR) is 222 cm³/mol. The Morgan fingerprint density at radius 2 is 0.904 bits per heavy atom. The molecule has 0 fully saturated rings. The zero-order chi connectivity index (χ0) is 34.8. The molecule has 0 N–H and O–H groups in total. The molecule has 1 heteroatoms. The van der Waals surface area contributed by atoms with Gasteiger partial charge >= 0.3 is 0 Å². The molecule has 0 aliphatic heterocycles. The van der Waals surface area contributed by atoms with Crippen LogP contribution in [0.15, 0.2) is 188 Å². The van der Waals surface area contributed by atoms with Gasteiger partial charge in [0, 0.05) is 22.5 Å². The summed E-state index contributed by atoms with van der Waals surface area (Å²) >= 11 is 0. The van der Waals surface area contributed by atoms with E-state index in [9.17, 15) is 0 Å². The van der Waals surface area contributed by atoms with Gasteiger partial charge in [0.1, 0.15) is 0 Å². The highest BCUT2D eigenvalue weighted by Crippen LogP contribution is 2.50. The predicted octanol–water partition coefficient (Wildman–Crippen LogP) is 14.3. The lowest BCUT2D eigenvalue weighted by molar-refractivity contribution is 0.660. The van der Waals surface area contributed by atoms with Gasteiger partial charge in [-0.2, -0.15) is 0 Å². The lowest BCUT2D eigenvalue weighted by atomic mass is 9.82. The van der Waals surface area contributed by atoms with E-state index in [-0.39, 0.29) is 5.41 Å². The largest absolute Gasteiger partial charge is 0.310 e. The summed E-state index contributed by atoms with van der Waals surface area (Å²) in [6, 6.07) is 69.2. The summed E-state index contributed by atoms with van der Waals surface area (Å²) in [5.74, 6) is 0. The lowest BCUT2D eigenvalue weighted by Crippen LogP contribution is -2.16. The first-order valence-corrected chi connectivity index (χ1v) is 18.2. The molecule has 52 heavy (non-hydrogen) atoms. The van der Waals surface area contributed by atoms with Crippen LogP contribution in [0, 0.1) is 0 Å². The average Bonchev–Trinajstić information content (AvgIpc) is 3.43. The van der Waals surface area contributed by atoms with Gasteiger partial charge in [-0.1, -0.05) is 159 Å². The van der Waals surface area contributed by atoms with Crippen LogP contribution >= 0.6 is 0 Å². The Kier molecular flexibility index (Phi) is 6.91. The van der Waals surface area contributed by atoms with Gasteiger partial charge < -0.3 is 4.90 Å². The van der Waals surface area contributed by atoms with Crippen molar-refractivity contribution in [3.05, 3.63) is 199 Å². The summed E-state index contributed by atoms with van der Waals surface area (Å²) in [6.07, 6.45) is 0. The molecule has 0 radical (unpaired) electrons. The van der Waals surface area contributed by atoms with Crippen molar-refractivity contribution in [1.29, 1.82) is 0 Å². The van der Waals surface area contributed by atoms with Crippen LogP contribution in [-0.4, -0.2) is 0 Å². The highest BCUT2D eigenvalue weighted by Gasteiger charge is 2.35. The smallest absolute Gasteiger partial charge is 0.0467 e. The summed E-state index contributed by atoms with van der Waals surface area (Å²) in [4.78, 5) is 2.41. The second-order valence-corrected chi connectivity index (χ2v) is 14.6. The first-order valence-electron chi connectivity index (χ1n) is 18.2. The van der Waals surface area contributed by atoms with Gasteiger partial charge in [-0.15, -0.1) is 0 Å². The van der Waals surface area contributed by atoms with Crippen molar-refractivity contribution in [3.8, 4) is 33.4 Å². The molecule has 0 bridgehead atoms. The molecule has 0 aromatic heterocycles. The van der Waals surface area contributed by atoms with E-state index in [2.05, 4.69) is 207 Å². The zero-order valence-corrected chi connectivity index (χ0v) is 29.3. The fraction of sp³-hybridized carbons (Fsp3) is 0.0588. The van der Waals surface area contributed by atoms with E-state index in [1.54, 1.807) is 0 Å². The number of fused-ring (bicyclic) bond motifs is 8. The van der Waals surface area contributed by atoms with Crippen LogP contribution in [-0.2, 0) is 5.41 Å². The van der Waals surface area contributed by atoms with Crippen molar-refractivity contribution in [2.45, 2.75) is 19.3 Å².